The van der Waals surface area contributed by atoms with Crippen LogP contribution in [-0.2, 0) is 14.6 Å². The molecule has 0 radical (unpaired) electrons. The predicted molar refractivity (Wildman–Crippen MR) is 80.0 cm³/mol. The van der Waals surface area contributed by atoms with Gasteiger partial charge in [0.15, 0.2) is 0 Å². The molecular formula is C15H25NO3S. The van der Waals surface area contributed by atoms with Gasteiger partial charge in [-0.25, -0.2) is 8.42 Å². The second-order valence-corrected chi connectivity index (χ2v) is 9.31. The zero-order valence-corrected chi connectivity index (χ0v) is 13.6. The van der Waals surface area contributed by atoms with Crippen LogP contribution in [0.2, 0.25) is 0 Å². The number of allylic oxidation sites excluding steroid dienone is 2. The summed E-state index contributed by atoms with van der Waals surface area (Å²) < 4.78 is 22.8. The molecule has 1 amide bonds. The maximum Gasteiger partial charge on any atom is 0.224 e. The Hall–Kier alpha value is -0.840. The third-order valence-corrected chi connectivity index (χ3v) is 6.32. The lowest BCUT2D eigenvalue weighted by atomic mass is 10.1. The fraction of sp³-hybridized carbons (Fsp3) is 0.800. The van der Waals surface area contributed by atoms with Gasteiger partial charge in [-0.15, -0.1) is 0 Å². The zero-order chi connectivity index (χ0) is 15.1. The van der Waals surface area contributed by atoms with Crippen molar-refractivity contribution in [2.45, 2.75) is 46.6 Å². The molecule has 2 fully saturated rings. The smallest absolute Gasteiger partial charge is 0.224 e. The van der Waals surface area contributed by atoms with Crippen LogP contribution in [0.1, 0.15) is 40.5 Å². The fourth-order valence-electron chi connectivity index (χ4n) is 3.17. The van der Waals surface area contributed by atoms with Gasteiger partial charge in [-0.3, -0.25) is 4.79 Å². The molecule has 1 saturated heterocycles. The predicted octanol–water partition coefficient (Wildman–Crippen LogP) is 1.92. The third kappa shape index (κ3) is 3.25. The van der Waals surface area contributed by atoms with Gasteiger partial charge in [-0.2, -0.15) is 0 Å². The van der Waals surface area contributed by atoms with Crippen molar-refractivity contribution in [3.8, 4) is 0 Å². The van der Waals surface area contributed by atoms with Crippen LogP contribution in [0.25, 0.3) is 0 Å². The Bertz CT molecular complexity index is 515. The maximum absolute atomic E-state index is 12.4. The van der Waals surface area contributed by atoms with Crippen LogP contribution in [0.3, 0.4) is 0 Å². The maximum atomic E-state index is 12.4. The molecule has 2 atom stereocenters. The highest BCUT2D eigenvalue weighted by Gasteiger charge is 2.60. The molecule has 0 spiro atoms. The highest BCUT2D eigenvalue weighted by molar-refractivity contribution is 7.91. The van der Waals surface area contributed by atoms with Crippen LogP contribution in [0, 0.1) is 17.3 Å². The number of carbonyl (C=O) groups excluding carboxylic acids is 1. The highest BCUT2D eigenvalue weighted by Crippen LogP contribution is 2.59. The molecule has 1 aliphatic carbocycles. The standard InChI is InChI=1S/C15H25NO3S/c1-10(2)9-12-13(15(12,3)4)14(17)16-11-5-7-20(18,19)8-6-11/h9,11-13H,5-8H2,1-4H3,(H,16,17)/t12-,13+/m1/s1. The third-order valence-electron chi connectivity index (χ3n) is 4.61. The van der Waals surface area contributed by atoms with Crippen molar-refractivity contribution in [1.82, 2.24) is 5.32 Å². The summed E-state index contributed by atoms with van der Waals surface area (Å²) in [4.78, 5) is 12.4. The van der Waals surface area contributed by atoms with E-state index in [2.05, 4.69) is 39.1 Å². The normalized spacial score (nSPS) is 31.4. The summed E-state index contributed by atoms with van der Waals surface area (Å²) in [5.41, 5.74) is 1.25. The summed E-state index contributed by atoms with van der Waals surface area (Å²) in [6.45, 7) is 8.34. The van der Waals surface area contributed by atoms with Crippen molar-refractivity contribution in [3.63, 3.8) is 0 Å². The Morgan fingerprint density at radius 1 is 1.20 bits per heavy atom. The molecule has 20 heavy (non-hydrogen) atoms. The van der Waals surface area contributed by atoms with E-state index in [1.165, 1.54) is 5.57 Å². The lowest BCUT2D eigenvalue weighted by molar-refractivity contribution is -0.123. The summed E-state index contributed by atoms with van der Waals surface area (Å²) >= 11 is 0. The van der Waals surface area contributed by atoms with Crippen molar-refractivity contribution >= 4 is 15.7 Å². The van der Waals surface area contributed by atoms with Gasteiger partial charge in [0, 0.05) is 6.04 Å². The minimum atomic E-state index is -2.87. The second kappa shape index (κ2) is 5.17. The average molecular weight is 299 g/mol. The SMILES string of the molecule is CC(C)=C[C@@H]1[C@@H](C(=O)NC2CCS(=O)(=O)CC2)C1(C)C. The minimum Gasteiger partial charge on any atom is -0.353 e. The lowest BCUT2D eigenvalue weighted by Gasteiger charge is -2.23. The van der Waals surface area contributed by atoms with E-state index in [0.29, 0.717) is 18.8 Å². The molecule has 1 saturated carbocycles. The molecule has 0 aromatic rings. The highest BCUT2D eigenvalue weighted by atomic mass is 32.2. The van der Waals surface area contributed by atoms with Crippen molar-refractivity contribution in [3.05, 3.63) is 11.6 Å². The number of hydrogen-bond acceptors (Lipinski definition) is 3. The van der Waals surface area contributed by atoms with Crippen LogP contribution in [0.15, 0.2) is 11.6 Å². The number of amides is 1. The quantitative estimate of drug-likeness (QED) is 0.810. The summed E-state index contributed by atoms with van der Waals surface area (Å²) in [6, 6.07) is 0.0229. The van der Waals surface area contributed by atoms with Gasteiger partial charge in [0.05, 0.1) is 17.4 Å². The van der Waals surface area contributed by atoms with E-state index >= 15 is 0 Å². The first-order valence-corrected chi connectivity index (χ1v) is 9.11. The van der Waals surface area contributed by atoms with Gasteiger partial charge in [-0.1, -0.05) is 25.5 Å². The first-order valence-electron chi connectivity index (χ1n) is 7.29. The monoisotopic (exact) mass is 299 g/mol. The van der Waals surface area contributed by atoms with Gasteiger partial charge in [0.2, 0.25) is 5.91 Å². The van der Waals surface area contributed by atoms with E-state index in [4.69, 9.17) is 0 Å². The van der Waals surface area contributed by atoms with E-state index < -0.39 is 9.84 Å². The Kier molecular flexibility index (Phi) is 4.02. The first-order chi connectivity index (χ1) is 9.13. The Balaban J connectivity index is 1.92. The molecule has 4 nitrogen and oxygen atoms in total. The molecule has 114 valence electrons. The average Bonchev–Trinajstić information content (AvgIpc) is 2.82. The van der Waals surface area contributed by atoms with Crippen LogP contribution in [-0.4, -0.2) is 31.9 Å². The van der Waals surface area contributed by atoms with E-state index in [9.17, 15) is 13.2 Å². The molecule has 0 unspecified atom stereocenters. The van der Waals surface area contributed by atoms with Gasteiger partial charge in [0.1, 0.15) is 9.84 Å². The lowest BCUT2D eigenvalue weighted by Crippen LogP contribution is -2.42. The molecule has 2 aliphatic rings. The molecule has 0 aromatic heterocycles. The Morgan fingerprint density at radius 3 is 2.25 bits per heavy atom. The summed E-state index contributed by atoms with van der Waals surface area (Å²) in [7, 11) is -2.87. The molecule has 5 heteroatoms. The summed E-state index contributed by atoms with van der Waals surface area (Å²) in [5.74, 6) is 0.810. The zero-order valence-electron chi connectivity index (χ0n) is 12.8. The molecule has 1 N–H and O–H groups in total. The van der Waals surface area contributed by atoms with Gasteiger partial charge < -0.3 is 5.32 Å². The minimum absolute atomic E-state index is 0.0160. The van der Waals surface area contributed by atoms with Gasteiger partial charge in [-0.05, 0) is 38.0 Å². The molecule has 0 bridgehead atoms. The molecule has 0 aromatic carbocycles. The van der Waals surface area contributed by atoms with Crippen molar-refractivity contribution in [2.24, 2.45) is 17.3 Å². The van der Waals surface area contributed by atoms with Crippen LogP contribution >= 0.6 is 0 Å². The number of rotatable bonds is 3. The van der Waals surface area contributed by atoms with Gasteiger partial charge in [0.25, 0.3) is 0 Å². The van der Waals surface area contributed by atoms with Crippen LogP contribution < -0.4 is 5.32 Å². The van der Waals surface area contributed by atoms with E-state index in [1.807, 2.05) is 0 Å². The number of hydrogen-bond donors (Lipinski definition) is 1. The first kappa shape index (κ1) is 15.5. The largest absolute Gasteiger partial charge is 0.353 e. The summed E-state index contributed by atoms with van der Waals surface area (Å²) in [5, 5.41) is 3.04. The van der Waals surface area contributed by atoms with E-state index in [1.54, 1.807) is 0 Å². The fourth-order valence-corrected chi connectivity index (χ4v) is 4.67. The van der Waals surface area contributed by atoms with Crippen LogP contribution in [0.4, 0.5) is 0 Å². The topological polar surface area (TPSA) is 63.2 Å². The molecule has 2 rings (SSSR count). The van der Waals surface area contributed by atoms with Crippen molar-refractivity contribution in [2.75, 3.05) is 11.5 Å². The van der Waals surface area contributed by atoms with E-state index in [0.717, 1.165) is 0 Å². The molecule has 1 heterocycles. The number of sulfone groups is 1. The number of nitrogens with one attached hydrogen (secondary N) is 1. The Labute approximate surface area is 121 Å². The number of carbonyl (C=O) groups is 1. The second-order valence-electron chi connectivity index (χ2n) is 7.00. The van der Waals surface area contributed by atoms with Crippen molar-refractivity contribution in [1.29, 1.82) is 0 Å². The summed E-state index contributed by atoms with van der Waals surface area (Å²) in [6.07, 6.45) is 3.28. The van der Waals surface area contributed by atoms with E-state index in [-0.39, 0.29) is 34.8 Å². The molecular weight excluding hydrogens is 274 g/mol. The van der Waals surface area contributed by atoms with Crippen LogP contribution in [0.5, 0.6) is 0 Å². The Morgan fingerprint density at radius 2 is 1.75 bits per heavy atom. The molecule has 1 aliphatic heterocycles. The van der Waals surface area contributed by atoms with Gasteiger partial charge >= 0.3 is 0 Å². The van der Waals surface area contributed by atoms with Crippen molar-refractivity contribution < 1.29 is 13.2 Å².